The van der Waals surface area contributed by atoms with Crippen molar-refractivity contribution in [1.29, 1.82) is 0 Å². The molecule has 1 aromatic rings. The van der Waals surface area contributed by atoms with Gasteiger partial charge in [0.1, 0.15) is 17.5 Å². The first-order valence-electron chi connectivity index (χ1n) is 6.86. The Bertz CT molecular complexity index is 659. The van der Waals surface area contributed by atoms with Gasteiger partial charge in [0.15, 0.2) is 0 Å². The molecular formula is C14H20N2O5S. The zero-order valence-corrected chi connectivity index (χ0v) is 13.6. The van der Waals surface area contributed by atoms with Crippen molar-refractivity contribution in [3.05, 3.63) is 18.2 Å². The molecule has 1 aromatic carbocycles. The fraction of sp³-hybridized carbons (Fsp3) is 0.500. The fourth-order valence-electron chi connectivity index (χ4n) is 2.52. The first-order valence-corrected chi connectivity index (χ1v) is 8.71. The molecular weight excluding hydrogens is 308 g/mol. The third kappa shape index (κ3) is 3.50. The van der Waals surface area contributed by atoms with Crippen LogP contribution in [0.1, 0.15) is 12.8 Å². The van der Waals surface area contributed by atoms with E-state index in [1.165, 1.54) is 18.5 Å². The predicted octanol–water partition coefficient (Wildman–Crippen LogP) is 1.07. The van der Waals surface area contributed by atoms with Crippen molar-refractivity contribution >= 4 is 21.6 Å². The number of carbonyl (C=O) groups excluding carboxylic acids is 1. The molecule has 8 heteroatoms. The van der Waals surface area contributed by atoms with Gasteiger partial charge in [0.2, 0.25) is 15.9 Å². The third-order valence-electron chi connectivity index (χ3n) is 3.60. The summed E-state index contributed by atoms with van der Waals surface area (Å²) in [5.74, 6) is 0.705. The highest BCUT2D eigenvalue weighted by Gasteiger charge is 2.36. The summed E-state index contributed by atoms with van der Waals surface area (Å²) in [4.78, 5) is 12.4. The normalized spacial score (nSPS) is 19.0. The van der Waals surface area contributed by atoms with Crippen molar-refractivity contribution in [1.82, 2.24) is 4.31 Å². The summed E-state index contributed by atoms with van der Waals surface area (Å²) in [6.07, 6.45) is 2.30. The Balaban J connectivity index is 2.18. The van der Waals surface area contributed by atoms with E-state index in [4.69, 9.17) is 9.47 Å². The molecule has 0 aromatic heterocycles. The quantitative estimate of drug-likeness (QED) is 0.874. The summed E-state index contributed by atoms with van der Waals surface area (Å²) in [5, 5.41) is 2.73. The van der Waals surface area contributed by atoms with E-state index in [1.54, 1.807) is 18.2 Å². The van der Waals surface area contributed by atoms with Crippen molar-refractivity contribution in [2.45, 2.75) is 18.9 Å². The smallest absolute Gasteiger partial charge is 0.242 e. The minimum Gasteiger partial charge on any atom is -0.497 e. The zero-order valence-electron chi connectivity index (χ0n) is 12.8. The molecule has 0 radical (unpaired) electrons. The minimum atomic E-state index is -3.39. The van der Waals surface area contributed by atoms with E-state index in [-0.39, 0.29) is 5.91 Å². The van der Waals surface area contributed by atoms with Crippen LogP contribution in [0.2, 0.25) is 0 Å². The molecule has 1 aliphatic heterocycles. The molecule has 0 aliphatic carbocycles. The summed E-state index contributed by atoms with van der Waals surface area (Å²) in [7, 11) is -0.368. The lowest BCUT2D eigenvalue weighted by Gasteiger charge is -2.22. The van der Waals surface area contributed by atoms with Gasteiger partial charge < -0.3 is 14.8 Å². The van der Waals surface area contributed by atoms with Crippen LogP contribution in [0.5, 0.6) is 11.5 Å². The highest BCUT2D eigenvalue weighted by molar-refractivity contribution is 7.88. The Morgan fingerprint density at radius 2 is 2.05 bits per heavy atom. The molecule has 0 saturated carbocycles. The molecule has 22 heavy (non-hydrogen) atoms. The second-order valence-corrected chi connectivity index (χ2v) is 7.02. The standard InChI is InChI=1S/C14H20N2O5S/c1-20-10-6-7-11(13(9-10)21-2)15-14(17)12-5-4-8-16(12)22(3,18)19/h6-7,9,12H,4-5,8H2,1-3H3,(H,15,17)/t12-/m0/s1. The van der Waals surface area contributed by atoms with Gasteiger partial charge in [-0.25, -0.2) is 8.42 Å². The Morgan fingerprint density at radius 3 is 2.64 bits per heavy atom. The summed E-state index contributed by atoms with van der Waals surface area (Å²) >= 11 is 0. The lowest BCUT2D eigenvalue weighted by atomic mass is 10.2. The molecule has 0 unspecified atom stereocenters. The molecule has 0 bridgehead atoms. The summed E-state index contributed by atoms with van der Waals surface area (Å²) in [6, 6.07) is 4.33. The van der Waals surface area contributed by atoms with Crippen molar-refractivity contribution in [2.75, 3.05) is 32.3 Å². The first-order chi connectivity index (χ1) is 10.4. The third-order valence-corrected chi connectivity index (χ3v) is 4.89. The van der Waals surface area contributed by atoms with Crippen molar-refractivity contribution < 1.29 is 22.7 Å². The highest BCUT2D eigenvalue weighted by Crippen LogP contribution is 2.30. The highest BCUT2D eigenvalue weighted by atomic mass is 32.2. The molecule has 1 saturated heterocycles. The van der Waals surface area contributed by atoms with Gasteiger partial charge in [-0.2, -0.15) is 4.31 Å². The van der Waals surface area contributed by atoms with E-state index < -0.39 is 16.1 Å². The number of benzene rings is 1. The molecule has 1 atom stereocenters. The van der Waals surface area contributed by atoms with Gasteiger partial charge in [0.05, 0.1) is 26.2 Å². The topological polar surface area (TPSA) is 84.9 Å². The Hall–Kier alpha value is -1.80. The van der Waals surface area contributed by atoms with E-state index in [2.05, 4.69) is 5.32 Å². The Kier molecular flexibility index (Phi) is 4.92. The van der Waals surface area contributed by atoms with Crippen LogP contribution in [0.15, 0.2) is 18.2 Å². The lowest BCUT2D eigenvalue weighted by Crippen LogP contribution is -2.42. The van der Waals surface area contributed by atoms with E-state index in [1.807, 2.05) is 0 Å². The van der Waals surface area contributed by atoms with Crippen LogP contribution in [-0.4, -0.2) is 51.7 Å². The first kappa shape index (κ1) is 16.6. The van der Waals surface area contributed by atoms with Crippen LogP contribution in [0.25, 0.3) is 0 Å². The van der Waals surface area contributed by atoms with Gasteiger partial charge in [0.25, 0.3) is 0 Å². The Labute approximate surface area is 130 Å². The number of carbonyl (C=O) groups is 1. The SMILES string of the molecule is COc1ccc(NC(=O)[C@@H]2CCCN2S(C)(=O)=O)c(OC)c1. The van der Waals surface area contributed by atoms with Crippen LogP contribution in [0.4, 0.5) is 5.69 Å². The molecule has 2 rings (SSSR count). The van der Waals surface area contributed by atoms with Gasteiger partial charge >= 0.3 is 0 Å². The summed E-state index contributed by atoms with van der Waals surface area (Å²) < 4.78 is 35.0. The molecule has 1 N–H and O–H groups in total. The van der Waals surface area contributed by atoms with Crippen LogP contribution >= 0.6 is 0 Å². The number of nitrogens with one attached hydrogen (secondary N) is 1. The number of hydrogen-bond donors (Lipinski definition) is 1. The monoisotopic (exact) mass is 328 g/mol. The van der Waals surface area contributed by atoms with Gasteiger partial charge in [-0.15, -0.1) is 0 Å². The molecule has 1 fully saturated rings. The van der Waals surface area contributed by atoms with E-state index in [0.29, 0.717) is 36.6 Å². The van der Waals surface area contributed by atoms with Gasteiger partial charge in [-0.3, -0.25) is 4.79 Å². The summed E-state index contributed by atoms with van der Waals surface area (Å²) in [6.45, 7) is 0.372. The van der Waals surface area contributed by atoms with Crippen molar-refractivity contribution in [2.24, 2.45) is 0 Å². The molecule has 122 valence electrons. The average molecular weight is 328 g/mol. The number of methoxy groups -OCH3 is 2. The number of ether oxygens (including phenoxy) is 2. The molecule has 7 nitrogen and oxygen atoms in total. The van der Waals surface area contributed by atoms with Crippen molar-refractivity contribution in [3.63, 3.8) is 0 Å². The van der Waals surface area contributed by atoms with Crippen molar-refractivity contribution in [3.8, 4) is 11.5 Å². The predicted molar refractivity (Wildman–Crippen MR) is 82.7 cm³/mol. The van der Waals surface area contributed by atoms with E-state index >= 15 is 0 Å². The molecule has 1 amide bonds. The van der Waals surface area contributed by atoms with Gasteiger partial charge in [-0.05, 0) is 25.0 Å². The second-order valence-electron chi connectivity index (χ2n) is 5.09. The molecule has 1 heterocycles. The van der Waals surface area contributed by atoms with Gasteiger partial charge in [-0.1, -0.05) is 0 Å². The van der Waals surface area contributed by atoms with Crippen LogP contribution in [0.3, 0.4) is 0 Å². The zero-order chi connectivity index (χ0) is 16.3. The van der Waals surface area contributed by atoms with E-state index in [9.17, 15) is 13.2 Å². The average Bonchev–Trinajstić information content (AvgIpc) is 2.97. The van der Waals surface area contributed by atoms with Gasteiger partial charge in [0, 0.05) is 12.6 Å². The second kappa shape index (κ2) is 6.53. The number of sulfonamides is 1. The number of hydrogen-bond acceptors (Lipinski definition) is 5. The number of nitrogens with zero attached hydrogens (tertiary/aromatic N) is 1. The maximum absolute atomic E-state index is 12.4. The maximum atomic E-state index is 12.4. The summed E-state index contributed by atoms with van der Waals surface area (Å²) in [5.41, 5.74) is 0.480. The van der Waals surface area contributed by atoms with Crippen LogP contribution in [-0.2, 0) is 14.8 Å². The number of rotatable bonds is 5. The molecule has 0 spiro atoms. The number of anilines is 1. The maximum Gasteiger partial charge on any atom is 0.242 e. The van der Waals surface area contributed by atoms with Crippen LogP contribution in [0, 0.1) is 0 Å². The minimum absolute atomic E-state index is 0.355. The largest absolute Gasteiger partial charge is 0.497 e. The van der Waals surface area contributed by atoms with E-state index in [0.717, 1.165) is 6.26 Å². The fourth-order valence-corrected chi connectivity index (χ4v) is 3.64. The lowest BCUT2D eigenvalue weighted by molar-refractivity contribution is -0.119. The number of amides is 1. The Morgan fingerprint density at radius 1 is 1.32 bits per heavy atom. The van der Waals surface area contributed by atoms with Crippen LogP contribution < -0.4 is 14.8 Å². The molecule has 1 aliphatic rings.